The first kappa shape index (κ1) is 14.3. The van der Waals surface area contributed by atoms with Crippen LogP contribution in [0.2, 0.25) is 0 Å². The monoisotopic (exact) mass is 266 g/mol. The van der Waals surface area contributed by atoms with Gasteiger partial charge in [-0.1, -0.05) is 30.0 Å². The highest BCUT2D eigenvalue weighted by Gasteiger charge is 2.10. The van der Waals surface area contributed by atoms with Crippen LogP contribution in [-0.4, -0.2) is 29.1 Å². The van der Waals surface area contributed by atoms with Crippen LogP contribution in [0.3, 0.4) is 0 Å². The van der Waals surface area contributed by atoms with E-state index in [1.807, 2.05) is 12.2 Å². The summed E-state index contributed by atoms with van der Waals surface area (Å²) < 4.78 is 5.02. The maximum atomic E-state index is 10.9. The number of ether oxygens (including phenoxy) is 1. The normalized spacial score (nSPS) is 10.6. The van der Waals surface area contributed by atoms with Crippen LogP contribution < -0.4 is 4.74 Å². The number of carbonyl (C=O) groups excluding carboxylic acids is 1. The van der Waals surface area contributed by atoms with Crippen molar-refractivity contribution < 1.29 is 19.4 Å². The zero-order valence-corrected chi connectivity index (χ0v) is 11.0. The first-order chi connectivity index (χ1) is 8.54. The average molecular weight is 266 g/mol. The molecule has 0 unspecified atom stereocenters. The molecule has 1 aromatic carbocycles. The van der Waals surface area contributed by atoms with Crippen LogP contribution in [0.15, 0.2) is 24.3 Å². The smallest absolute Gasteiger partial charge is 0.339 e. The van der Waals surface area contributed by atoms with Crippen molar-refractivity contribution in [3.05, 3.63) is 35.4 Å². The second-order valence-electron chi connectivity index (χ2n) is 3.47. The highest BCUT2D eigenvalue weighted by molar-refractivity contribution is 8.13. The molecule has 0 aliphatic carbocycles. The predicted molar refractivity (Wildman–Crippen MR) is 72.1 cm³/mol. The van der Waals surface area contributed by atoms with Crippen molar-refractivity contribution in [2.75, 3.05) is 12.9 Å². The first-order valence-corrected chi connectivity index (χ1v) is 6.24. The number of carboxylic acids is 1. The first-order valence-electron chi connectivity index (χ1n) is 5.26. The van der Waals surface area contributed by atoms with Crippen LogP contribution in [0.4, 0.5) is 0 Å². The summed E-state index contributed by atoms with van der Waals surface area (Å²) in [6.07, 6.45) is 3.67. The summed E-state index contributed by atoms with van der Waals surface area (Å²) in [5.41, 5.74) is 0.966. The molecule has 18 heavy (non-hydrogen) atoms. The van der Waals surface area contributed by atoms with Crippen molar-refractivity contribution in [3.8, 4) is 5.75 Å². The molecule has 0 aliphatic heterocycles. The number of rotatable bonds is 5. The lowest BCUT2D eigenvalue weighted by atomic mass is 10.1. The van der Waals surface area contributed by atoms with Crippen molar-refractivity contribution >= 4 is 28.9 Å². The van der Waals surface area contributed by atoms with Crippen molar-refractivity contribution in [1.82, 2.24) is 0 Å². The lowest BCUT2D eigenvalue weighted by Crippen LogP contribution is -2.00. The van der Waals surface area contributed by atoms with Gasteiger partial charge in [-0.25, -0.2) is 4.79 Å². The minimum absolute atomic E-state index is 0.0680. The largest absolute Gasteiger partial charge is 0.496 e. The predicted octanol–water partition coefficient (Wildman–Crippen LogP) is 2.69. The van der Waals surface area contributed by atoms with Gasteiger partial charge in [-0.15, -0.1) is 0 Å². The number of hydrogen-bond donors (Lipinski definition) is 1. The fraction of sp³-hybridized carbons (Fsp3) is 0.231. The molecule has 0 saturated carbocycles. The highest BCUT2D eigenvalue weighted by Crippen LogP contribution is 2.21. The summed E-state index contributed by atoms with van der Waals surface area (Å²) in [5.74, 6) is -0.100. The van der Waals surface area contributed by atoms with E-state index in [-0.39, 0.29) is 10.7 Å². The van der Waals surface area contributed by atoms with Crippen LogP contribution in [0.5, 0.6) is 5.75 Å². The molecule has 1 N–H and O–H groups in total. The second-order valence-corrected chi connectivity index (χ2v) is 4.67. The van der Waals surface area contributed by atoms with Crippen molar-refractivity contribution in [3.63, 3.8) is 0 Å². The summed E-state index contributed by atoms with van der Waals surface area (Å²) in [6, 6.07) is 4.85. The zero-order chi connectivity index (χ0) is 13.5. The van der Waals surface area contributed by atoms with Gasteiger partial charge in [0.1, 0.15) is 11.3 Å². The Balaban J connectivity index is 2.79. The molecule has 4 nitrogen and oxygen atoms in total. The number of aromatic carboxylic acids is 1. The molecule has 0 aromatic heterocycles. The third kappa shape index (κ3) is 4.25. The van der Waals surface area contributed by atoms with Crippen molar-refractivity contribution in [2.24, 2.45) is 0 Å². The van der Waals surface area contributed by atoms with Crippen molar-refractivity contribution in [2.45, 2.75) is 6.92 Å². The minimum Gasteiger partial charge on any atom is -0.496 e. The van der Waals surface area contributed by atoms with E-state index in [2.05, 4.69) is 0 Å². The Hall–Kier alpha value is -1.75. The van der Waals surface area contributed by atoms with Gasteiger partial charge in [0.05, 0.1) is 7.11 Å². The molecule has 5 heteroatoms. The molecule has 1 aromatic rings. The molecule has 96 valence electrons. The third-order valence-electron chi connectivity index (χ3n) is 2.15. The maximum absolute atomic E-state index is 10.9. The van der Waals surface area contributed by atoms with Crippen LogP contribution in [0.25, 0.3) is 6.08 Å². The van der Waals surface area contributed by atoms with E-state index in [0.29, 0.717) is 11.5 Å². The SMILES string of the molecule is COc1cc(C=CCSC(C)=O)ccc1C(=O)O. The summed E-state index contributed by atoms with van der Waals surface area (Å²) in [4.78, 5) is 21.6. The van der Waals surface area contributed by atoms with Crippen LogP contribution in [0, 0.1) is 0 Å². The van der Waals surface area contributed by atoms with Gasteiger partial charge in [0.25, 0.3) is 0 Å². The second kappa shape index (κ2) is 6.86. The van der Waals surface area contributed by atoms with Gasteiger partial charge < -0.3 is 9.84 Å². The standard InChI is InChI=1S/C13H14O4S/c1-9(14)18-7-3-4-10-5-6-11(13(15)16)12(8-10)17-2/h3-6,8H,7H2,1-2H3,(H,15,16). The number of hydrogen-bond acceptors (Lipinski definition) is 4. The Morgan fingerprint density at radius 1 is 1.44 bits per heavy atom. The van der Waals surface area contributed by atoms with Crippen LogP contribution >= 0.6 is 11.8 Å². The van der Waals surface area contributed by atoms with E-state index in [1.165, 1.54) is 31.9 Å². The number of benzene rings is 1. The Bertz CT molecular complexity index is 480. The highest BCUT2D eigenvalue weighted by atomic mass is 32.2. The van der Waals surface area contributed by atoms with E-state index in [9.17, 15) is 9.59 Å². The zero-order valence-electron chi connectivity index (χ0n) is 10.2. The van der Waals surface area contributed by atoms with Crippen LogP contribution in [-0.2, 0) is 4.79 Å². The summed E-state index contributed by atoms with van der Waals surface area (Å²) in [6.45, 7) is 1.52. The maximum Gasteiger partial charge on any atom is 0.339 e. The number of carbonyl (C=O) groups is 2. The molecule has 0 heterocycles. The molecule has 0 fully saturated rings. The molecule has 0 radical (unpaired) electrons. The Labute approximate surface area is 110 Å². The van der Waals surface area contributed by atoms with Gasteiger partial charge in [-0.05, 0) is 17.7 Å². The fourth-order valence-corrected chi connectivity index (χ4v) is 1.76. The van der Waals surface area contributed by atoms with E-state index in [0.717, 1.165) is 5.56 Å². The Kier molecular flexibility index (Phi) is 5.45. The molecule has 0 spiro atoms. The summed E-state index contributed by atoms with van der Waals surface area (Å²) in [5, 5.41) is 8.99. The lowest BCUT2D eigenvalue weighted by Gasteiger charge is -2.05. The van der Waals surface area contributed by atoms with E-state index in [1.54, 1.807) is 12.1 Å². The van der Waals surface area contributed by atoms with E-state index >= 15 is 0 Å². The van der Waals surface area contributed by atoms with Gasteiger partial charge in [0, 0.05) is 12.7 Å². The minimum atomic E-state index is -1.02. The lowest BCUT2D eigenvalue weighted by molar-refractivity contribution is -0.109. The molecule has 0 atom stereocenters. The van der Waals surface area contributed by atoms with Gasteiger partial charge >= 0.3 is 5.97 Å². The van der Waals surface area contributed by atoms with Gasteiger partial charge in [-0.3, -0.25) is 4.79 Å². The van der Waals surface area contributed by atoms with Gasteiger partial charge in [0.2, 0.25) is 0 Å². The van der Waals surface area contributed by atoms with Gasteiger partial charge in [-0.2, -0.15) is 0 Å². The summed E-state index contributed by atoms with van der Waals surface area (Å²) in [7, 11) is 1.43. The fourth-order valence-electron chi connectivity index (χ4n) is 1.34. The molecular weight excluding hydrogens is 252 g/mol. The molecule has 0 saturated heterocycles. The third-order valence-corrected chi connectivity index (χ3v) is 2.91. The molecule has 0 aliphatic rings. The summed E-state index contributed by atoms with van der Waals surface area (Å²) >= 11 is 1.22. The Morgan fingerprint density at radius 2 is 2.17 bits per heavy atom. The average Bonchev–Trinajstić information content (AvgIpc) is 2.33. The molecular formula is C13H14O4S. The Morgan fingerprint density at radius 3 is 2.72 bits per heavy atom. The van der Waals surface area contributed by atoms with Crippen molar-refractivity contribution in [1.29, 1.82) is 0 Å². The molecule has 0 amide bonds. The quantitative estimate of drug-likeness (QED) is 0.887. The number of methoxy groups -OCH3 is 1. The molecule has 0 bridgehead atoms. The van der Waals surface area contributed by atoms with E-state index in [4.69, 9.17) is 9.84 Å². The van der Waals surface area contributed by atoms with Gasteiger partial charge in [0.15, 0.2) is 5.12 Å². The van der Waals surface area contributed by atoms with Crippen LogP contribution in [0.1, 0.15) is 22.8 Å². The molecule has 1 rings (SSSR count). The number of thioether (sulfide) groups is 1. The number of carboxylic acid groups (broad SMARTS) is 1. The topological polar surface area (TPSA) is 63.6 Å². The van der Waals surface area contributed by atoms with E-state index < -0.39 is 5.97 Å².